The molecule has 0 bridgehead atoms. The Balaban J connectivity index is 2.32. The number of carbonyl (C=O) groups excluding carboxylic acids is 1. The van der Waals surface area contributed by atoms with Gasteiger partial charge in [-0.3, -0.25) is 4.79 Å². The molecule has 0 aliphatic heterocycles. The third-order valence-corrected chi connectivity index (χ3v) is 2.72. The second-order valence-corrected chi connectivity index (χ2v) is 4.19. The van der Waals surface area contributed by atoms with Gasteiger partial charge in [-0.05, 0) is 40.5 Å². The van der Waals surface area contributed by atoms with Gasteiger partial charge in [0.1, 0.15) is 5.82 Å². The number of halogens is 2. The highest BCUT2D eigenvalue weighted by Gasteiger charge is 2.00. The molecule has 1 amide bonds. The molecule has 0 heterocycles. The van der Waals surface area contributed by atoms with Crippen molar-refractivity contribution < 1.29 is 9.18 Å². The summed E-state index contributed by atoms with van der Waals surface area (Å²) in [7, 11) is 1.62. The van der Waals surface area contributed by atoms with Crippen molar-refractivity contribution in [3.8, 4) is 0 Å². The lowest BCUT2D eigenvalue weighted by Gasteiger charge is -2.06. The Bertz CT molecular complexity index is 371. The minimum atomic E-state index is -0.282. The van der Waals surface area contributed by atoms with Crippen molar-refractivity contribution in [1.82, 2.24) is 5.32 Å². The van der Waals surface area contributed by atoms with Crippen LogP contribution in [-0.4, -0.2) is 19.5 Å². The van der Waals surface area contributed by atoms with Gasteiger partial charge >= 0.3 is 0 Å². The average Bonchev–Trinajstić information content (AvgIpc) is 2.28. The predicted molar refractivity (Wildman–Crippen MR) is 65.9 cm³/mol. The first-order valence-electron chi connectivity index (χ1n) is 5.03. The maximum atomic E-state index is 12.9. The van der Waals surface area contributed by atoms with E-state index in [2.05, 4.69) is 26.6 Å². The number of amides is 1. The predicted octanol–water partition coefficient (Wildman–Crippen LogP) is 2.53. The van der Waals surface area contributed by atoms with E-state index in [1.807, 2.05) is 0 Å². The number of anilines is 1. The molecule has 0 fully saturated rings. The highest BCUT2D eigenvalue weighted by atomic mass is 79.9. The van der Waals surface area contributed by atoms with Crippen LogP contribution >= 0.6 is 15.9 Å². The van der Waals surface area contributed by atoms with Gasteiger partial charge in [0.2, 0.25) is 5.91 Å². The van der Waals surface area contributed by atoms with Crippen LogP contribution in [-0.2, 0) is 4.79 Å². The Morgan fingerprint density at radius 2 is 2.25 bits per heavy atom. The third kappa shape index (κ3) is 4.18. The van der Waals surface area contributed by atoms with E-state index in [1.165, 1.54) is 6.07 Å². The van der Waals surface area contributed by atoms with E-state index < -0.39 is 0 Å². The number of benzene rings is 1. The topological polar surface area (TPSA) is 41.1 Å². The molecule has 3 nitrogen and oxygen atoms in total. The SMILES string of the molecule is CNC(=O)CCCNc1ccc(F)c(Br)c1. The highest BCUT2D eigenvalue weighted by molar-refractivity contribution is 9.10. The van der Waals surface area contributed by atoms with Crippen molar-refractivity contribution in [3.05, 3.63) is 28.5 Å². The van der Waals surface area contributed by atoms with Gasteiger partial charge in [-0.1, -0.05) is 0 Å². The number of hydrogen-bond acceptors (Lipinski definition) is 2. The summed E-state index contributed by atoms with van der Waals surface area (Å²) in [6, 6.07) is 4.74. The molecule has 0 saturated heterocycles. The van der Waals surface area contributed by atoms with Crippen molar-refractivity contribution >= 4 is 27.5 Å². The fraction of sp³-hybridized carbons (Fsp3) is 0.364. The largest absolute Gasteiger partial charge is 0.385 e. The first kappa shape index (κ1) is 13.0. The summed E-state index contributed by atoms with van der Waals surface area (Å²) < 4.78 is 13.3. The summed E-state index contributed by atoms with van der Waals surface area (Å²) in [5.74, 6) is -0.252. The number of rotatable bonds is 5. The molecule has 0 unspecified atom stereocenters. The maximum Gasteiger partial charge on any atom is 0.219 e. The van der Waals surface area contributed by atoms with Crippen LogP contribution in [0, 0.1) is 5.82 Å². The zero-order valence-electron chi connectivity index (χ0n) is 9.02. The Hall–Kier alpha value is -1.10. The number of hydrogen-bond donors (Lipinski definition) is 2. The molecule has 2 N–H and O–H groups in total. The summed E-state index contributed by atoms with van der Waals surface area (Å²) in [6.45, 7) is 0.686. The fourth-order valence-electron chi connectivity index (χ4n) is 1.21. The Morgan fingerprint density at radius 3 is 2.88 bits per heavy atom. The summed E-state index contributed by atoms with van der Waals surface area (Å²) >= 11 is 3.11. The van der Waals surface area contributed by atoms with Gasteiger partial charge in [-0.25, -0.2) is 4.39 Å². The standard InChI is InChI=1S/C11H14BrFN2O/c1-14-11(16)3-2-6-15-8-4-5-10(13)9(12)7-8/h4-5,7,15H,2-3,6H2,1H3,(H,14,16). The highest BCUT2D eigenvalue weighted by Crippen LogP contribution is 2.19. The van der Waals surface area contributed by atoms with Crippen molar-refractivity contribution in [3.63, 3.8) is 0 Å². The Morgan fingerprint density at radius 1 is 1.50 bits per heavy atom. The molecule has 0 spiro atoms. The van der Waals surface area contributed by atoms with Crippen LogP contribution in [0.5, 0.6) is 0 Å². The zero-order valence-corrected chi connectivity index (χ0v) is 10.6. The number of nitrogens with one attached hydrogen (secondary N) is 2. The van der Waals surface area contributed by atoms with Crippen molar-refractivity contribution in [2.75, 3.05) is 18.9 Å². The molecule has 5 heteroatoms. The summed E-state index contributed by atoms with van der Waals surface area (Å²) in [6.07, 6.45) is 1.24. The lowest BCUT2D eigenvalue weighted by atomic mass is 10.2. The van der Waals surface area contributed by atoms with Crippen LogP contribution in [0.2, 0.25) is 0 Å². The van der Waals surface area contributed by atoms with Crippen molar-refractivity contribution in [2.24, 2.45) is 0 Å². The second-order valence-electron chi connectivity index (χ2n) is 3.33. The molecule has 0 aliphatic carbocycles. The van der Waals surface area contributed by atoms with Crippen molar-refractivity contribution in [2.45, 2.75) is 12.8 Å². The normalized spacial score (nSPS) is 9.94. The van der Waals surface area contributed by atoms with Crippen LogP contribution < -0.4 is 10.6 Å². The van der Waals surface area contributed by atoms with Crippen LogP contribution in [0.15, 0.2) is 22.7 Å². The lowest BCUT2D eigenvalue weighted by Crippen LogP contribution is -2.18. The van der Waals surface area contributed by atoms with Crippen LogP contribution in [0.1, 0.15) is 12.8 Å². The molecule has 0 saturated carbocycles. The van der Waals surface area contributed by atoms with Gasteiger partial charge in [0.25, 0.3) is 0 Å². The van der Waals surface area contributed by atoms with E-state index >= 15 is 0 Å². The van der Waals surface area contributed by atoms with E-state index in [4.69, 9.17) is 0 Å². The molecule has 1 aromatic rings. The van der Waals surface area contributed by atoms with Crippen LogP contribution in [0.3, 0.4) is 0 Å². The van der Waals surface area contributed by atoms with Gasteiger partial charge in [0, 0.05) is 25.7 Å². The van der Waals surface area contributed by atoms with E-state index in [-0.39, 0.29) is 11.7 Å². The molecule has 16 heavy (non-hydrogen) atoms. The molecule has 0 atom stereocenters. The quantitative estimate of drug-likeness (QED) is 0.818. The molecule has 88 valence electrons. The van der Waals surface area contributed by atoms with E-state index in [0.29, 0.717) is 17.4 Å². The van der Waals surface area contributed by atoms with Crippen LogP contribution in [0.25, 0.3) is 0 Å². The molecule has 0 aliphatic rings. The van der Waals surface area contributed by atoms with E-state index in [0.717, 1.165) is 12.1 Å². The summed E-state index contributed by atoms with van der Waals surface area (Å²) in [4.78, 5) is 10.9. The molecular formula is C11H14BrFN2O. The van der Waals surface area contributed by atoms with Crippen molar-refractivity contribution in [1.29, 1.82) is 0 Å². The minimum absolute atomic E-state index is 0.0297. The van der Waals surface area contributed by atoms with Gasteiger partial charge < -0.3 is 10.6 Å². The summed E-state index contributed by atoms with van der Waals surface area (Å²) in [5, 5.41) is 5.67. The first-order valence-corrected chi connectivity index (χ1v) is 5.82. The third-order valence-electron chi connectivity index (χ3n) is 2.11. The Kier molecular flexibility index (Phi) is 5.25. The second kappa shape index (κ2) is 6.48. The van der Waals surface area contributed by atoms with E-state index in [9.17, 15) is 9.18 Å². The molecule has 0 radical (unpaired) electrons. The molecule has 1 aromatic carbocycles. The molecule has 1 rings (SSSR count). The minimum Gasteiger partial charge on any atom is -0.385 e. The Labute approximate surface area is 103 Å². The van der Waals surface area contributed by atoms with Gasteiger partial charge in [0.15, 0.2) is 0 Å². The fourth-order valence-corrected chi connectivity index (χ4v) is 1.59. The van der Waals surface area contributed by atoms with E-state index in [1.54, 1.807) is 19.2 Å². The van der Waals surface area contributed by atoms with Gasteiger partial charge in [-0.2, -0.15) is 0 Å². The molecular weight excluding hydrogens is 275 g/mol. The lowest BCUT2D eigenvalue weighted by molar-refractivity contribution is -0.120. The van der Waals surface area contributed by atoms with Crippen LogP contribution in [0.4, 0.5) is 10.1 Å². The maximum absolute atomic E-state index is 12.9. The average molecular weight is 289 g/mol. The molecule has 0 aromatic heterocycles. The monoisotopic (exact) mass is 288 g/mol. The first-order chi connectivity index (χ1) is 7.63. The number of carbonyl (C=O) groups is 1. The van der Waals surface area contributed by atoms with Gasteiger partial charge in [0.05, 0.1) is 4.47 Å². The smallest absolute Gasteiger partial charge is 0.219 e. The zero-order chi connectivity index (χ0) is 12.0. The van der Waals surface area contributed by atoms with Gasteiger partial charge in [-0.15, -0.1) is 0 Å². The summed E-state index contributed by atoms with van der Waals surface area (Å²) in [5.41, 5.74) is 0.838.